The number of hydrogen-bond donors (Lipinski definition) is 1. The van der Waals surface area contributed by atoms with Gasteiger partial charge >= 0.3 is 0 Å². The molecule has 20 heavy (non-hydrogen) atoms. The highest BCUT2D eigenvalue weighted by molar-refractivity contribution is 6.08. The Bertz CT molecular complexity index is 775. The molecule has 0 spiro atoms. The number of ketones is 1. The molecule has 1 heterocycles. The van der Waals surface area contributed by atoms with Crippen molar-refractivity contribution in [2.75, 3.05) is 5.73 Å². The van der Waals surface area contributed by atoms with E-state index in [1.54, 1.807) is 12.4 Å². The zero-order valence-electron chi connectivity index (χ0n) is 10.9. The van der Waals surface area contributed by atoms with Gasteiger partial charge in [0, 0.05) is 35.5 Å². The van der Waals surface area contributed by atoms with Gasteiger partial charge in [-0.3, -0.25) is 9.78 Å². The number of anilines is 1. The summed E-state index contributed by atoms with van der Waals surface area (Å²) in [6.07, 6.45) is 3.74. The van der Waals surface area contributed by atoms with Crippen LogP contribution < -0.4 is 5.73 Å². The van der Waals surface area contributed by atoms with Gasteiger partial charge in [-0.25, -0.2) is 0 Å². The molecule has 0 atom stereocenters. The first-order chi connectivity index (χ1) is 9.74. The van der Waals surface area contributed by atoms with Crippen LogP contribution in [0.4, 0.5) is 5.69 Å². The molecule has 0 aliphatic rings. The molecule has 0 fully saturated rings. The van der Waals surface area contributed by atoms with Gasteiger partial charge in [0.2, 0.25) is 0 Å². The van der Waals surface area contributed by atoms with Gasteiger partial charge in [-0.15, -0.1) is 0 Å². The van der Waals surface area contributed by atoms with Crippen LogP contribution in [0.25, 0.3) is 10.8 Å². The van der Waals surface area contributed by atoms with E-state index >= 15 is 0 Å². The Balaban J connectivity index is 1.97. The predicted octanol–water partition coefficient (Wildman–Crippen LogP) is 3.24. The Labute approximate surface area is 117 Å². The van der Waals surface area contributed by atoms with Crippen LogP contribution in [-0.4, -0.2) is 10.8 Å². The number of carbonyl (C=O) groups is 1. The predicted molar refractivity (Wildman–Crippen MR) is 80.6 cm³/mol. The number of hydrogen-bond acceptors (Lipinski definition) is 3. The van der Waals surface area contributed by atoms with Crippen LogP contribution in [0.1, 0.15) is 15.9 Å². The monoisotopic (exact) mass is 262 g/mol. The number of carbonyl (C=O) groups excluding carboxylic acids is 1. The van der Waals surface area contributed by atoms with Gasteiger partial charge in [-0.1, -0.05) is 36.4 Å². The van der Waals surface area contributed by atoms with Crippen molar-refractivity contribution < 1.29 is 4.79 Å². The van der Waals surface area contributed by atoms with Crippen LogP contribution in [0, 0.1) is 0 Å². The second-order valence-corrected chi connectivity index (χ2v) is 4.75. The number of pyridine rings is 1. The third kappa shape index (κ3) is 2.38. The van der Waals surface area contributed by atoms with E-state index in [1.807, 2.05) is 48.5 Å². The number of Topliss-reactive ketones (excluding diaryl/α,β-unsaturated/α-hetero) is 1. The Hall–Kier alpha value is -2.68. The number of nitrogens with zero attached hydrogens (tertiary/aromatic N) is 1. The Morgan fingerprint density at radius 3 is 2.75 bits per heavy atom. The molecule has 98 valence electrons. The van der Waals surface area contributed by atoms with E-state index in [4.69, 9.17) is 5.73 Å². The molecule has 3 aromatic rings. The number of aromatic nitrogens is 1. The first kappa shape index (κ1) is 12.4. The van der Waals surface area contributed by atoms with Crippen molar-refractivity contribution in [2.45, 2.75) is 6.42 Å². The molecule has 0 saturated carbocycles. The molecular formula is C17H14N2O. The van der Waals surface area contributed by atoms with E-state index in [0.29, 0.717) is 17.7 Å². The largest absolute Gasteiger partial charge is 0.399 e. The lowest BCUT2D eigenvalue weighted by Crippen LogP contribution is -2.05. The number of fused-ring (bicyclic) bond motifs is 1. The van der Waals surface area contributed by atoms with Crippen LogP contribution in [0.3, 0.4) is 0 Å². The molecule has 0 saturated heterocycles. The van der Waals surface area contributed by atoms with Crippen molar-refractivity contribution >= 4 is 22.2 Å². The molecule has 0 unspecified atom stereocenters. The van der Waals surface area contributed by atoms with E-state index in [-0.39, 0.29) is 5.78 Å². The van der Waals surface area contributed by atoms with E-state index in [9.17, 15) is 4.79 Å². The summed E-state index contributed by atoms with van der Waals surface area (Å²) in [5.41, 5.74) is 7.99. The summed E-state index contributed by atoms with van der Waals surface area (Å²) in [7, 11) is 0. The van der Waals surface area contributed by atoms with Crippen molar-refractivity contribution in [1.29, 1.82) is 0 Å². The van der Waals surface area contributed by atoms with Gasteiger partial charge < -0.3 is 5.73 Å². The van der Waals surface area contributed by atoms with Crippen LogP contribution in [0.2, 0.25) is 0 Å². The zero-order valence-corrected chi connectivity index (χ0v) is 10.9. The summed E-state index contributed by atoms with van der Waals surface area (Å²) in [6.45, 7) is 0. The quantitative estimate of drug-likeness (QED) is 0.582. The minimum Gasteiger partial charge on any atom is -0.399 e. The third-order valence-electron chi connectivity index (χ3n) is 3.28. The first-order valence-corrected chi connectivity index (χ1v) is 6.44. The second-order valence-electron chi connectivity index (χ2n) is 4.75. The SMILES string of the molecule is Nc1cccc(CC(=O)c2cncc3ccccc23)c1. The molecule has 2 aromatic carbocycles. The lowest BCUT2D eigenvalue weighted by Gasteiger charge is -2.06. The highest BCUT2D eigenvalue weighted by Gasteiger charge is 2.11. The third-order valence-corrected chi connectivity index (χ3v) is 3.28. The molecule has 1 aromatic heterocycles. The summed E-state index contributed by atoms with van der Waals surface area (Å²) < 4.78 is 0. The lowest BCUT2D eigenvalue weighted by molar-refractivity contribution is 0.0994. The average molecular weight is 262 g/mol. The molecule has 0 aliphatic heterocycles. The molecule has 0 bridgehead atoms. The van der Waals surface area contributed by atoms with Gasteiger partial charge in [-0.2, -0.15) is 0 Å². The summed E-state index contributed by atoms with van der Waals surface area (Å²) in [4.78, 5) is 16.6. The van der Waals surface area contributed by atoms with E-state index < -0.39 is 0 Å². The standard InChI is InChI=1S/C17H14N2O/c18-14-6-3-4-12(8-14)9-17(20)16-11-19-10-13-5-1-2-7-15(13)16/h1-8,10-11H,9,18H2. The molecule has 3 rings (SSSR count). The van der Waals surface area contributed by atoms with Gasteiger partial charge in [0.05, 0.1) is 0 Å². The van der Waals surface area contributed by atoms with Crippen LogP contribution in [-0.2, 0) is 6.42 Å². The molecule has 3 heteroatoms. The van der Waals surface area contributed by atoms with Gasteiger partial charge in [0.15, 0.2) is 5.78 Å². The number of nitrogens with two attached hydrogens (primary N) is 1. The summed E-state index contributed by atoms with van der Waals surface area (Å²) >= 11 is 0. The topological polar surface area (TPSA) is 56.0 Å². The van der Waals surface area contributed by atoms with Crippen molar-refractivity contribution in [3.63, 3.8) is 0 Å². The maximum absolute atomic E-state index is 12.5. The fraction of sp³-hybridized carbons (Fsp3) is 0.0588. The summed E-state index contributed by atoms with van der Waals surface area (Å²) in [6, 6.07) is 15.2. The van der Waals surface area contributed by atoms with E-state index in [2.05, 4.69) is 4.98 Å². The highest BCUT2D eigenvalue weighted by Crippen LogP contribution is 2.19. The Morgan fingerprint density at radius 2 is 1.90 bits per heavy atom. The number of nitrogen functional groups attached to an aromatic ring is 1. The van der Waals surface area contributed by atoms with Crippen LogP contribution in [0.15, 0.2) is 60.9 Å². The molecule has 0 radical (unpaired) electrons. The maximum Gasteiger partial charge on any atom is 0.169 e. The van der Waals surface area contributed by atoms with Gasteiger partial charge in [0.1, 0.15) is 0 Å². The molecule has 2 N–H and O–H groups in total. The van der Waals surface area contributed by atoms with Crippen molar-refractivity contribution in [3.8, 4) is 0 Å². The molecule has 3 nitrogen and oxygen atoms in total. The maximum atomic E-state index is 12.5. The average Bonchev–Trinajstić information content (AvgIpc) is 2.46. The summed E-state index contributed by atoms with van der Waals surface area (Å²) in [5, 5.41) is 1.92. The number of rotatable bonds is 3. The van der Waals surface area contributed by atoms with Crippen molar-refractivity contribution in [3.05, 3.63) is 72.1 Å². The van der Waals surface area contributed by atoms with Gasteiger partial charge in [0.25, 0.3) is 0 Å². The van der Waals surface area contributed by atoms with Crippen LogP contribution >= 0.6 is 0 Å². The van der Waals surface area contributed by atoms with E-state index in [0.717, 1.165) is 16.3 Å². The Morgan fingerprint density at radius 1 is 1.05 bits per heavy atom. The van der Waals surface area contributed by atoms with Gasteiger partial charge in [-0.05, 0) is 23.1 Å². The summed E-state index contributed by atoms with van der Waals surface area (Å²) in [5.74, 6) is 0.0555. The minimum absolute atomic E-state index is 0.0555. The fourth-order valence-corrected chi connectivity index (χ4v) is 2.32. The molecular weight excluding hydrogens is 248 g/mol. The van der Waals surface area contributed by atoms with Crippen molar-refractivity contribution in [1.82, 2.24) is 4.98 Å². The van der Waals surface area contributed by atoms with Crippen LogP contribution in [0.5, 0.6) is 0 Å². The molecule has 0 aliphatic carbocycles. The normalized spacial score (nSPS) is 10.6. The number of benzene rings is 2. The van der Waals surface area contributed by atoms with E-state index in [1.165, 1.54) is 0 Å². The lowest BCUT2D eigenvalue weighted by atomic mass is 9.99. The zero-order chi connectivity index (χ0) is 13.9. The second kappa shape index (κ2) is 5.13. The van der Waals surface area contributed by atoms with Crippen molar-refractivity contribution in [2.24, 2.45) is 0 Å². The first-order valence-electron chi connectivity index (χ1n) is 6.44. The smallest absolute Gasteiger partial charge is 0.169 e. The molecule has 0 amide bonds. The highest BCUT2D eigenvalue weighted by atomic mass is 16.1. The fourth-order valence-electron chi connectivity index (χ4n) is 2.32. The Kier molecular flexibility index (Phi) is 3.17. The minimum atomic E-state index is 0.0555.